The van der Waals surface area contributed by atoms with Crippen LogP contribution in [-0.2, 0) is 26.7 Å². The molecule has 0 radical (unpaired) electrons. The smallest absolute Gasteiger partial charge is 0.371 e. The van der Waals surface area contributed by atoms with Crippen LogP contribution >= 0.6 is 19.6 Å². The third kappa shape index (κ3) is 7.06. The predicted octanol–water partition coefficient (Wildman–Crippen LogP) is 3.98. The zero-order valence-corrected chi connectivity index (χ0v) is 18.9. The lowest BCUT2D eigenvalue weighted by atomic mass is 9.80. The summed E-state index contributed by atoms with van der Waals surface area (Å²) in [5.74, 6) is 1.86. The third-order valence-electron chi connectivity index (χ3n) is 6.30. The molecule has 1 aromatic rings. The molecular weight excluding hydrogens is 409 g/mol. The van der Waals surface area contributed by atoms with Crippen LogP contribution in [0.15, 0.2) is 18.2 Å². The van der Waals surface area contributed by atoms with E-state index in [0.29, 0.717) is 12.3 Å². The van der Waals surface area contributed by atoms with Crippen molar-refractivity contribution in [2.75, 3.05) is 25.4 Å². The maximum absolute atomic E-state index is 11.0. The Morgan fingerprint density at radius 1 is 1.31 bits per heavy atom. The number of hydrogen-bond donors (Lipinski definition) is 3. The molecule has 1 unspecified atom stereocenters. The van der Waals surface area contributed by atoms with Crippen LogP contribution in [0.3, 0.4) is 0 Å². The maximum atomic E-state index is 11.0. The Kier molecular flexibility index (Phi) is 8.24. The van der Waals surface area contributed by atoms with E-state index in [9.17, 15) is 4.57 Å². The first-order valence-corrected chi connectivity index (χ1v) is 13.4. The van der Waals surface area contributed by atoms with Crippen LogP contribution in [0.2, 0.25) is 0 Å². The lowest BCUT2D eigenvalue weighted by Crippen LogP contribution is -2.41. The molecule has 6 nitrogen and oxygen atoms in total. The van der Waals surface area contributed by atoms with Crippen LogP contribution in [0.4, 0.5) is 0 Å². The van der Waals surface area contributed by atoms with Gasteiger partial charge in [0.1, 0.15) is 0 Å². The number of phosphoric acid groups is 1. The molecule has 4 N–H and O–H groups in total. The molecule has 3 atom stereocenters. The van der Waals surface area contributed by atoms with Gasteiger partial charge >= 0.3 is 7.82 Å². The summed E-state index contributed by atoms with van der Waals surface area (Å²) in [4.78, 5) is 17.9. The highest BCUT2D eigenvalue weighted by molar-refractivity contribution is 7.98. The molecule has 0 aliphatic heterocycles. The molecule has 1 aromatic carbocycles. The van der Waals surface area contributed by atoms with E-state index in [1.807, 2.05) is 0 Å². The highest BCUT2D eigenvalue weighted by atomic mass is 32.2. The van der Waals surface area contributed by atoms with Crippen LogP contribution in [0, 0.1) is 5.92 Å². The van der Waals surface area contributed by atoms with Crippen LogP contribution in [-0.4, -0.2) is 40.7 Å². The third-order valence-corrected chi connectivity index (χ3v) is 7.17. The highest BCUT2D eigenvalue weighted by Crippen LogP contribution is 2.44. The van der Waals surface area contributed by atoms with Crippen LogP contribution < -0.4 is 5.73 Å². The topological polar surface area (TPSA) is 102 Å². The minimum absolute atomic E-state index is 0.0962. The molecule has 8 heteroatoms. The molecule has 0 heterocycles. The maximum Gasteiger partial charge on any atom is 0.469 e. The number of phosphoric ester groups is 1. The molecule has 2 aliphatic carbocycles. The summed E-state index contributed by atoms with van der Waals surface area (Å²) in [7, 11) is -4.48. The fraction of sp³-hybridized carbons (Fsp3) is 0.714. The van der Waals surface area contributed by atoms with Crippen molar-refractivity contribution < 1.29 is 23.6 Å². The van der Waals surface area contributed by atoms with Gasteiger partial charge in [0.2, 0.25) is 0 Å². The van der Waals surface area contributed by atoms with E-state index in [1.165, 1.54) is 29.5 Å². The first kappa shape index (κ1) is 23.3. The second-order valence-corrected chi connectivity index (χ2v) is 10.7. The number of aryl methyl sites for hydroxylation is 1. The molecule has 0 spiro atoms. The number of rotatable bonds is 10. The van der Waals surface area contributed by atoms with Gasteiger partial charge in [-0.25, -0.2) is 4.57 Å². The van der Waals surface area contributed by atoms with E-state index < -0.39 is 13.4 Å². The Hall–Kier alpha value is -0.400. The first-order valence-electron chi connectivity index (χ1n) is 10.5. The van der Waals surface area contributed by atoms with Crippen molar-refractivity contribution in [3.05, 3.63) is 34.9 Å². The van der Waals surface area contributed by atoms with Crippen molar-refractivity contribution >= 4 is 19.6 Å². The minimum Gasteiger partial charge on any atom is -0.371 e. The second kappa shape index (κ2) is 10.3. The molecule has 164 valence electrons. The fourth-order valence-corrected chi connectivity index (χ4v) is 5.46. The van der Waals surface area contributed by atoms with Gasteiger partial charge in [-0.15, -0.1) is 11.8 Å². The van der Waals surface area contributed by atoms with Crippen molar-refractivity contribution in [2.24, 2.45) is 11.7 Å². The predicted molar refractivity (Wildman–Crippen MR) is 117 cm³/mol. The SMILES string of the molecule is CSCOCCCC1CCc2cc([C@H]3CC[C@](N)(COP(=O)(O)O)C3)ccc2C1. The summed E-state index contributed by atoms with van der Waals surface area (Å²) < 4.78 is 21.2. The molecule has 29 heavy (non-hydrogen) atoms. The average Bonchev–Trinajstić information content (AvgIpc) is 3.08. The normalized spacial score (nSPS) is 27.2. The lowest BCUT2D eigenvalue weighted by molar-refractivity contribution is 0.153. The molecular formula is C21H34NO5PS. The van der Waals surface area contributed by atoms with E-state index in [0.717, 1.165) is 50.6 Å². The molecule has 1 saturated carbocycles. The summed E-state index contributed by atoms with van der Waals surface area (Å²) in [6.45, 7) is 0.762. The molecule has 3 rings (SSSR count). The lowest BCUT2D eigenvalue weighted by Gasteiger charge is -2.26. The summed E-state index contributed by atoms with van der Waals surface area (Å²) in [5, 5.41) is 0. The monoisotopic (exact) mass is 443 g/mol. The average molecular weight is 444 g/mol. The van der Waals surface area contributed by atoms with Gasteiger partial charge in [-0.05, 0) is 86.1 Å². The van der Waals surface area contributed by atoms with Crippen LogP contribution in [0.25, 0.3) is 0 Å². The van der Waals surface area contributed by atoms with Gasteiger partial charge in [0.05, 0.1) is 12.5 Å². The van der Waals surface area contributed by atoms with E-state index in [-0.39, 0.29) is 6.61 Å². The van der Waals surface area contributed by atoms with Crippen LogP contribution in [0.1, 0.15) is 61.1 Å². The number of ether oxygens (including phenoxy) is 1. The van der Waals surface area contributed by atoms with Gasteiger partial charge in [-0.1, -0.05) is 18.2 Å². The Morgan fingerprint density at radius 3 is 2.90 bits per heavy atom. The Labute approximate surface area is 178 Å². The van der Waals surface area contributed by atoms with E-state index in [4.69, 9.17) is 20.3 Å². The van der Waals surface area contributed by atoms with Crippen molar-refractivity contribution in [2.45, 2.75) is 62.8 Å². The number of benzene rings is 1. The van der Waals surface area contributed by atoms with E-state index in [2.05, 4.69) is 29.0 Å². The number of fused-ring (bicyclic) bond motifs is 1. The first-order chi connectivity index (χ1) is 13.8. The summed E-state index contributed by atoms with van der Waals surface area (Å²) >= 11 is 1.72. The Morgan fingerprint density at radius 2 is 2.14 bits per heavy atom. The van der Waals surface area contributed by atoms with Gasteiger partial charge in [0, 0.05) is 12.1 Å². The number of hydrogen-bond acceptors (Lipinski definition) is 5. The van der Waals surface area contributed by atoms with E-state index >= 15 is 0 Å². The zero-order valence-electron chi connectivity index (χ0n) is 17.2. The van der Waals surface area contributed by atoms with Gasteiger partial charge in [-0.2, -0.15) is 0 Å². The van der Waals surface area contributed by atoms with Crippen molar-refractivity contribution in [3.8, 4) is 0 Å². The summed E-state index contributed by atoms with van der Waals surface area (Å²) in [6, 6.07) is 6.85. The Bertz CT molecular complexity index is 727. The second-order valence-electron chi connectivity index (χ2n) is 8.66. The van der Waals surface area contributed by atoms with E-state index in [1.54, 1.807) is 11.8 Å². The highest BCUT2D eigenvalue weighted by Gasteiger charge is 2.38. The van der Waals surface area contributed by atoms with Gasteiger partial charge in [0.15, 0.2) is 0 Å². The molecule has 0 saturated heterocycles. The summed E-state index contributed by atoms with van der Waals surface area (Å²) in [6.07, 6.45) is 10.3. The molecule has 2 aliphatic rings. The standard InChI is InChI=1S/C21H34NO5PS/c1-29-15-26-10-2-3-16-4-5-18-12-19(7-6-17(18)11-16)20-8-9-21(22,13-20)14-27-28(23,24)25/h6-7,12,16,20H,2-5,8-11,13-15,22H2,1H3,(H2,23,24,25)/t16?,20-,21+/m0/s1. The summed E-state index contributed by atoms with van der Waals surface area (Å²) in [5.41, 5.74) is 9.91. The molecule has 1 fully saturated rings. The number of nitrogens with two attached hydrogens (primary N) is 1. The zero-order chi connectivity index (χ0) is 20.9. The van der Waals surface area contributed by atoms with Crippen molar-refractivity contribution in [3.63, 3.8) is 0 Å². The molecule has 0 aromatic heterocycles. The van der Waals surface area contributed by atoms with Gasteiger partial charge in [-0.3, -0.25) is 4.52 Å². The van der Waals surface area contributed by atoms with Crippen molar-refractivity contribution in [1.29, 1.82) is 0 Å². The number of thioether (sulfide) groups is 1. The molecule has 0 amide bonds. The minimum atomic E-state index is -4.48. The largest absolute Gasteiger partial charge is 0.469 e. The quantitative estimate of drug-likeness (QED) is 0.286. The van der Waals surface area contributed by atoms with Crippen molar-refractivity contribution in [1.82, 2.24) is 0 Å². The fourth-order valence-electron chi connectivity index (χ4n) is 4.75. The Balaban J connectivity index is 1.52. The van der Waals surface area contributed by atoms with Gasteiger partial charge in [0.25, 0.3) is 0 Å². The van der Waals surface area contributed by atoms with Crippen LogP contribution in [0.5, 0.6) is 0 Å². The molecule has 0 bridgehead atoms. The van der Waals surface area contributed by atoms with Gasteiger partial charge < -0.3 is 20.3 Å².